The Bertz CT molecular complexity index is 1050. The third-order valence-corrected chi connectivity index (χ3v) is 7.61. The zero-order chi connectivity index (χ0) is 21.8. The van der Waals surface area contributed by atoms with Crippen LogP contribution in [0.15, 0.2) is 41.4 Å². The third kappa shape index (κ3) is 5.01. The lowest BCUT2D eigenvalue weighted by Gasteiger charge is -2.31. The highest BCUT2D eigenvalue weighted by Gasteiger charge is 2.27. The molecule has 0 atom stereocenters. The number of halogens is 1. The smallest absolute Gasteiger partial charge is 0.255 e. The van der Waals surface area contributed by atoms with E-state index >= 15 is 0 Å². The normalized spacial score (nSPS) is 18.0. The summed E-state index contributed by atoms with van der Waals surface area (Å²) < 4.78 is 33.3. The van der Waals surface area contributed by atoms with Crippen LogP contribution in [0.2, 0.25) is 5.15 Å². The highest BCUT2D eigenvalue weighted by molar-refractivity contribution is 7.89. The van der Waals surface area contributed by atoms with Crippen LogP contribution in [0.1, 0.15) is 29.6 Å². The second kappa shape index (κ2) is 9.52. The van der Waals surface area contributed by atoms with Crippen molar-refractivity contribution in [2.24, 2.45) is 0 Å². The van der Waals surface area contributed by atoms with E-state index < -0.39 is 10.0 Å². The fourth-order valence-corrected chi connectivity index (χ4v) is 5.57. The van der Waals surface area contributed by atoms with Crippen LogP contribution in [0, 0.1) is 0 Å². The topological polar surface area (TPSA) is 91.8 Å². The molecule has 2 aromatic rings. The van der Waals surface area contributed by atoms with Crippen LogP contribution in [0.3, 0.4) is 0 Å². The molecule has 8 nitrogen and oxygen atoms in total. The molecule has 10 heteroatoms. The molecule has 2 aliphatic heterocycles. The zero-order valence-corrected chi connectivity index (χ0v) is 18.7. The molecule has 0 bridgehead atoms. The first-order chi connectivity index (χ1) is 14.9. The average molecular weight is 465 g/mol. The van der Waals surface area contributed by atoms with Crippen molar-refractivity contribution in [3.63, 3.8) is 0 Å². The first kappa shape index (κ1) is 22.0. The van der Waals surface area contributed by atoms with Gasteiger partial charge in [-0.15, -0.1) is 0 Å². The van der Waals surface area contributed by atoms with Gasteiger partial charge in [0.25, 0.3) is 5.91 Å². The molecule has 1 amide bonds. The van der Waals surface area contributed by atoms with Crippen molar-refractivity contribution in [3.8, 4) is 0 Å². The quantitative estimate of drug-likeness (QED) is 0.684. The Kier molecular flexibility index (Phi) is 6.76. The summed E-state index contributed by atoms with van der Waals surface area (Å²) in [5.41, 5.74) is 1.55. The van der Waals surface area contributed by atoms with Gasteiger partial charge in [-0.3, -0.25) is 4.79 Å². The van der Waals surface area contributed by atoms with Crippen LogP contribution < -0.4 is 10.2 Å². The highest BCUT2D eigenvalue weighted by atomic mass is 35.5. The number of sulfonamides is 1. The number of carbonyl (C=O) groups is 1. The van der Waals surface area contributed by atoms with Gasteiger partial charge in [-0.2, -0.15) is 4.31 Å². The lowest BCUT2D eigenvalue weighted by Crippen LogP contribution is -2.37. The van der Waals surface area contributed by atoms with Crippen LogP contribution in [0.5, 0.6) is 0 Å². The minimum Gasteiger partial charge on any atom is -0.378 e. The Balaban J connectivity index is 1.68. The number of pyridine rings is 1. The number of aromatic nitrogens is 1. The van der Waals surface area contributed by atoms with Crippen molar-refractivity contribution in [2.75, 3.05) is 49.6 Å². The number of rotatable bonds is 5. The number of hydrogen-bond acceptors (Lipinski definition) is 6. The van der Waals surface area contributed by atoms with Crippen LogP contribution in [0.4, 0.5) is 11.4 Å². The standard InChI is InChI=1S/C21H25ClN4O4S/c22-20-14-16(6-7-23-20)21(27)24-18-15-17(31(28,29)26-8-2-1-3-9-26)4-5-19(18)25-10-12-30-13-11-25/h4-7,14-15H,1-3,8-13H2,(H,24,27). The maximum Gasteiger partial charge on any atom is 0.255 e. The number of nitrogens with one attached hydrogen (secondary N) is 1. The van der Waals surface area contributed by atoms with E-state index in [0.717, 1.165) is 24.9 Å². The number of anilines is 2. The van der Waals surface area contributed by atoms with Crippen molar-refractivity contribution in [3.05, 3.63) is 47.2 Å². The van der Waals surface area contributed by atoms with E-state index in [0.29, 0.717) is 50.6 Å². The summed E-state index contributed by atoms with van der Waals surface area (Å²) >= 11 is 5.92. The lowest BCUT2D eigenvalue weighted by molar-refractivity contribution is 0.102. The van der Waals surface area contributed by atoms with Crippen LogP contribution in [-0.2, 0) is 14.8 Å². The van der Waals surface area contributed by atoms with E-state index in [2.05, 4.69) is 15.2 Å². The fraction of sp³-hybridized carbons (Fsp3) is 0.429. The van der Waals surface area contributed by atoms with Crippen molar-refractivity contribution in [2.45, 2.75) is 24.2 Å². The highest BCUT2D eigenvalue weighted by Crippen LogP contribution is 2.32. The van der Waals surface area contributed by atoms with E-state index in [9.17, 15) is 13.2 Å². The van der Waals surface area contributed by atoms with Crippen LogP contribution >= 0.6 is 11.6 Å². The molecule has 3 heterocycles. The zero-order valence-electron chi connectivity index (χ0n) is 17.1. The van der Waals surface area contributed by atoms with Gasteiger partial charge in [0, 0.05) is 37.9 Å². The predicted octanol–water partition coefficient (Wildman–Crippen LogP) is 3.00. The van der Waals surface area contributed by atoms with Crippen molar-refractivity contribution < 1.29 is 17.9 Å². The molecule has 166 valence electrons. The molecule has 2 aliphatic rings. The monoisotopic (exact) mass is 464 g/mol. The molecule has 4 rings (SSSR count). The maximum atomic E-state index is 13.2. The number of benzene rings is 1. The molecule has 1 N–H and O–H groups in total. The summed E-state index contributed by atoms with van der Waals surface area (Å²) in [6.45, 7) is 3.49. The first-order valence-corrected chi connectivity index (χ1v) is 12.2. The van der Waals surface area contributed by atoms with Gasteiger partial charge in [-0.25, -0.2) is 13.4 Å². The molecular weight excluding hydrogens is 440 g/mol. The summed E-state index contributed by atoms with van der Waals surface area (Å²) in [6.07, 6.45) is 4.21. The molecule has 0 aliphatic carbocycles. The Hall–Kier alpha value is -2.20. The number of carbonyl (C=O) groups excluding carboxylic acids is 1. The maximum absolute atomic E-state index is 13.2. The van der Waals surface area contributed by atoms with Gasteiger partial charge in [0.2, 0.25) is 10.0 Å². The average Bonchev–Trinajstić information content (AvgIpc) is 2.80. The number of amides is 1. The van der Waals surface area contributed by atoms with Crippen molar-refractivity contribution >= 4 is 38.9 Å². The summed E-state index contributed by atoms with van der Waals surface area (Å²) in [5, 5.41) is 3.09. The number of hydrogen-bond donors (Lipinski definition) is 1. The second-order valence-corrected chi connectivity index (χ2v) is 9.89. The SMILES string of the molecule is O=C(Nc1cc(S(=O)(=O)N2CCCCC2)ccc1N1CCOCC1)c1ccnc(Cl)c1. The van der Waals surface area contributed by atoms with Gasteiger partial charge in [0.05, 0.1) is 29.5 Å². The Morgan fingerprint density at radius 1 is 1.03 bits per heavy atom. The van der Waals surface area contributed by atoms with Crippen LogP contribution in [-0.4, -0.2) is 63.0 Å². The molecule has 1 aromatic carbocycles. The molecule has 0 saturated carbocycles. The number of morpholine rings is 1. The van der Waals surface area contributed by atoms with Gasteiger partial charge in [-0.05, 0) is 43.2 Å². The minimum atomic E-state index is -3.63. The minimum absolute atomic E-state index is 0.175. The van der Waals surface area contributed by atoms with Crippen LogP contribution in [0.25, 0.3) is 0 Å². The summed E-state index contributed by atoms with van der Waals surface area (Å²) in [4.78, 5) is 19.0. The third-order valence-electron chi connectivity index (χ3n) is 5.51. The number of ether oxygens (including phenoxy) is 1. The molecule has 2 fully saturated rings. The predicted molar refractivity (Wildman–Crippen MR) is 119 cm³/mol. The van der Waals surface area contributed by atoms with E-state index in [1.165, 1.54) is 16.6 Å². The second-order valence-electron chi connectivity index (χ2n) is 7.56. The first-order valence-electron chi connectivity index (χ1n) is 10.3. The van der Waals surface area contributed by atoms with Gasteiger partial charge in [0.1, 0.15) is 5.15 Å². The number of nitrogens with zero attached hydrogens (tertiary/aromatic N) is 3. The molecular formula is C21H25ClN4O4S. The van der Waals surface area contributed by atoms with Gasteiger partial charge in [0.15, 0.2) is 0 Å². The van der Waals surface area contributed by atoms with E-state index in [1.807, 2.05) is 0 Å². The molecule has 0 spiro atoms. The van der Waals surface area contributed by atoms with Gasteiger partial charge >= 0.3 is 0 Å². The Morgan fingerprint density at radius 2 is 1.77 bits per heavy atom. The van der Waals surface area contributed by atoms with E-state index in [4.69, 9.17) is 16.3 Å². The summed E-state index contributed by atoms with van der Waals surface area (Å²) in [5.74, 6) is -0.383. The van der Waals surface area contributed by atoms with Crippen molar-refractivity contribution in [1.82, 2.24) is 9.29 Å². The summed E-state index contributed by atoms with van der Waals surface area (Å²) in [7, 11) is -3.63. The number of piperidine rings is 1. The summed E-state index contributed by atoms with van der Waals surface area (Å²) in [6, 6.07) is 7.96. The van der Waals surface area contributed by atoms with Gasteiger partial charge in [-0.1, -0.05) is 18.0 Å². The van der Waals surface area contributed by atoms with E-state index in [1.54, 1.807) is 24.3 Å². The molecule has 2 saturated heterocycles. The Labute approximate surface area is 187 Å². The molecule has 1 aromatic heterocycles. The Morgan fingerprint density at radius 3 is 2.48 bits per heavy atom. The largest absolute Gasteiger partial charge is 0.378 e. The molecule has 0 unspecified atom stereocenters. The lowest BCUT2D eigenvalue weighted by atomic mass is 10.2. The molecule has 0 radical (unpaired) electrons. The fourth-order valence-electron chi connectivity index (χ4n) is 3.85. The van der Waals surface area contributed by atoms with Crippen molar-refractivity contribution in [1.29, 1.82) is 0 Å². The molecule has 31 heavy (non-hydrogen) atoms. The van der Waals surface area contributed by atoms with E-state index in [-0.39, 0.29) is 16.0 Å². The van der Waals surface area contributed by atoms with Gasteiger partial charge < -0.3 is 15.0 Å².